The van der Waals surface area contributed by atoms with Gasteiger partial charge in [0.15, 0.2) is 23.9 Å². The van der Waals surface area contributed by atoms with Crippen molar-refractivity contribution in [2.24, 2.45) is 5.73 Å². The molecule has 0 aliphatic heterocycles. The Labute approximate surface area is 185 Å². The molecule has 0 heterocycles. The van der Waals surface area contributed by atoms with Crippen LogP contribution >= 0.6 is 0 Å². The average Bonchev–Trinajstić information content (AvgIpc) is 2.25. The van der Waals surface area contributed by atoms with E-state index in [1.807, 2.05) is 0 Å². The maximum absolute atomic E-state index is 9.99. The molecular formula is C12H23CuN2NaO10-4. The van der Waals surface area contributed by atoms with Gasteiger partial charge in [0.05, 0.1) is 0 Å². The quantitative estimate of drug-likeness (QED) is 0.106. The van der Waals surface area contributed by atoms with Crippen molar-refractivity contribution in [3.8, 4) is 0 Å². The molecule has 0 amide bonds. The van der Waals surface area contributed by atoms with Crippen molar-refractivity contribution >= 4 is 29.8 Å². The molecule has 0 bridgehead atoms. The van der Waals surface area contributed by atoms with Crippen molar-refractivity contribution in [1.82, 2.24) is 5.48 Å². The minimum atomic E-state index is -1.08. The van der Waals surface area contributed by atoms with Crippen molar-refractivity contribution < 1.29 is 97.3 Å². The van der Waals surface area contributed by atoms with Crippen LogP contribution in [0.3, 0.4) is 0 Å². The van der Waals surface area contributed by atoms with Crippen LogP contribution in [-0.2, 0) is 45.9 Å². The largest absolute Gasteiger partial charge is 1.00 e. The van der Waals surface area contributed by atoms with E-state index in [0.717, 1.165) is 0 Å². The first-order valence-corrected chi connectivity index (χ1v) is 5.50. The summed E-state index contributed by atoms with van der Waals surface area (Å²) in [6.07, 6.45) is 0. The van der Waals surface area contributed by atoms with Crippen LogP contribution in [0.25, 0.3) is 0 Å². The van der Waals surface area contributed by atoms with E-state index in [1.165, 1.54) is 6.92 Å². The van der Waals surface area contributed by atoms with E-state index in [9.17, 15) is 4.79 Å². The van der Waals surface area contributed by atoms with Crippen LogP contribution in [0.4, 0.5) is 0 Å². The summed E-state index contributed by atoms with van der Waals surface area (Å²) in [5, 5.41) is 29.2. The summed E-state index contributed by atoms with van der Waals surface area (Å²) in [7, 11) is 0. The molecule has 12 nitrogen and oxygen atoms in total. The van der Waals surface area contributed by atoms with Crippen LogP contribution in [0.5, 0.6) is 0 Å². The van der Waals surface area contributed by atoms with Crippen molar-refractivity contribution in [3.05, 3.63) is 27.7 Å². The van der Waals surface area contributed by atoms with E-state index < -0.39 is 23.9 Å². The van der Waals surface area contributed by atoms with Crippen molar-refractivity contribution in [2.75, 3.05) is 13.1 Å². The van der Waals surface area contributed by atoms with Gasteiger partial charge in [0.25, 0.3) is 0 Å². The molecule has 7 N–H and O–H groups in total. The van der Waals surface area contributed by atoms with Gasteiger partial charge in [0.1, 0.15) is 0 Å². The van der Waals surface area contributed by atoms with E-state index in [-0.39, 0.29) is 54.0 Å². The van der Waals surface area contributed by atoms with E-state index in [4.69, 9.17) is 45.3 Å². The summed E-state index contributed by atoms with van der Waals surface area (Å²) in [4.78, 5) is 49.9. The molecule has 14 heteroatoms. The predicted octanol–water partition coefficient (Wildman–Crippen LogP) is -4.25. The van der Waals surface area contributed by atoms with E-state index in [0.29, 0.717) is 13.1 Å². The summed E-state index contributed by atoms with van der Waals surface area (Å²) in [5.74, 6) is -4.68. The number of carboxylic acid groups (broad SMARTS) is 4. The van der Waals surface area contributed by atoms with Gasteiger partial charge in [-0.25, -0.2) is 0 Å². The molecule has 0 aromatic rings. The Morgan fingerprint density at radius 1 is 0.885 bits per heavy atom. The molecule has 0 unspecified atom stereocenters. The zero-order chi connectivity index (χ0) is 20.7. The normalized spacial score (nSPS) is 6.38. The predicted molar refractivity (Wildman–Crippen MR) is 81.9 cm³/mol. The van der Waals surface area contributed by atoms with Gasteiger partial charge in [-0.05, 0) is 0 Å². The van der Waals surface area contributed by atoms with Crippen LogP contribution in [0.2, 0.25) is 0 Å². The third kappa shape index (κ3) is 942. The van der Waals surface area contributed by atoms with Gasteiger partial charge in [0.2, 0.25) is 0 Å². The van der Waals surface area contributed by atoms with Crippen LogP contribution in [0.15, 0.2) is 0 Å². The fourth-order valence-electron chi connectivity index (χ4n) is 0.212. The molecule has 0 saturated carbocycles. The maximum atomic E-state index is 9.99. The topological polar surface area (TPSA) is 214 Å². The molecule has 0 aliphatic rings. The first kappa shape index (κ1) is 44.1. The molecule has 0 spiro atoms. The number of hydroxylamine groups is 1. The molecule has 26 heavy (non-hydrogen) atoms. The molecule has 157 valence electrons. The summed E-state index contributed by atoms with van der Waals surface area (Å²) < 4.78 is 0. The zero-order valence-corrected chi connectivity index (χ0v) is 17.3. The molecule has 0 aliphatic carbocycles. The SMILES string of the molecule is CC(=O)ONCCN.[CH2-]C(=O)O.[CH2-]C(=O)O.[CH2-]C(=O)O.[CH2-]C(=O)O.[Cu].[H-].[Na+]. The fraction of sp³-hybridized carbons (Fsp3) is 0.250. The van der Waals surface area contributed by atoms with Crippen LogP contribution in [0.1, 0.15) is 8.35 Å². The second-order valence-corrected chi connectivity index (χ2v) is 2.85. The Kier molecular flexibility index (Phi) is 65.6. The van der Waals surface area contributed by atoms with Gasteiger partial charge < -0.3 is 32.4 Å². The van der Waals surface area contributed by atoms with Gasteiger partial charge in [-0.1, -0.05) is 0 Å². The smallest absolute Gasteiger partial charge is 1.00 e. The maximum Gasteiger partial charge on any atom is 1.00 e. The number of hydrogen-bond acceptors (Lipinski definition) is 8. The van der Waals surface area contributed by atoms with Crippen molar-refractivity contribution in [1.29, 1.82) is 0 Å². The molecule has 0 saturated heterocycles. The van der Waals surface area contributed by atoms with Crippen LogP contribution in [0, 0.1) is 27.7 Å². The molecule has 1 radical (unpaired) electrons. The first-order valence-electron chi connectivity index (χ1n) is 5.50. The van der Waals surface area contributed by atoms with Gasteiger partial charge in [-0.15, -0.1) is 0 Å². The minimum Gasteiger partial charge on any atom is -1.00 e. The van der Waals surface area contributed by atoms with E-state index in [2.05, 4.69) is 38.0 Å². The molecule has 0 atom stereocenters. The first-order chi connectivity index (χ1) is 10.7. The van der Waals surface area contributed by atoms with Crippen LogP contribution < -0.4 is 40.8 Å². The Morgan fingerprint density at radius 3 is 1.19 bits per heavy atom. The van der Waals surface area contributed by atoms with Gasteiger partial charge in [-0.2, -0.15) is 5.48 Å². The number of carboxylic acids is 4. The van der Waals surface area contributed by atoms with Gasteiger partial charge in [-0.3, -0.25) is 51.7 Å². The Hall–Kier alpha value is -1.73. The van der Waals surface area contributed by atoms with Crippen molar-refractivity contribution in [2.45, 2.75) is 6.92 Å². The molecule has 0 aromatic carbocycles. The summed E-state index contributed by atoms with van der Waals surface area (Å²) in [6, 6.07) is 0. The molecule has 0 rings (SSSR count). The summed E-state index contributed by atoms with van der Waals surface area (Å²) >= 11 is 0. The fourth-order valence-corrected chi connectivity index (χ4v) is 0.212. The second kappa shape index (κ2) is 38.7. The number of hydrogen-bond donors (Lipinski definition) is 6. The number of aliphatic carboxylic acids is 4. The Balaban J connectivity index is -0.0000000282. The zero-order valence-electron chi connectivity index (χ0n) is 15.4. The third-order valence-electron chi connectivity index (χ3n) is 0.462. The monoisotopic (exact) mass is 441 g/mol. The average molecular weight is 442 g/mol. The number of rotatable bonds is 3. The number of carbonyl (C=O) groups excluding carboxylic acids is 1. The third-order valence-corrected chi connectivity index (χ3v) is 0.462. The van der Waals surface area contributed by atoms with E-state index in [1.54, 1.807) is 0 Å². The van der Waals surface area contributed by atoms with Gasteiger partial charge in [0, 0.05) is 37.1 Å². The van der Waals surface area contributed by atoms with Crippen LogP contribution in [-0.4, -0.2) is 63.4 Å². The van der Waals surface area contributed by atoms with Gasteiger partial charge >= 0.3 is 35.5 Å². The molecule has 0 fully saturated rings. The Bertz CT molecular complexity index is 312. The minimum absolute atomic E-state index is 0. The number of nitrogens with two attached hydrogens (primary N) is 1. The van der Waals surface area contributed by atoms with E-state index >= 15 is 0 Å². The number of carbonyl (C=O) groups is 5. The molecule has 0 aromatic heterocycles. The standard InChI is InChI=1S/C4H10N2O2.4C2H3O2.Cu.Na.H/c1-4(7)8-6-3-2-5;4*1-2(3)4;;;/h6H,2-3,5H2,1H3;4*1H2,(H,3,4);;;/q;4*-1;;+1;-1. The second-order valence-electron chi connectivity index (χ2n) is 2.85. The summed E-state index contributed by atoms with van der Waals surface area (Å²) in [6.45, 7) is 12.5. The van der Waals surface area contributed by atoms with Crippen molar-refractivity contribution in [3.63, 3.8) is 0 Å². The Morgan fingerprint density at radius 2 is 1.08 bits per heavy atom. The number of nitrogens with one attached hydrogen (secondary N) is 1. The summed E-state index contributed by atoms with van der Waals surface area (Å²) in [5.41, 5.74) is 7.42. The molecular weight excluding hydrogens is 419 g/mol.